The van der Waals surface area contributed by atoms with Crippen molar-refractivity contribution in [2.24, 2.45) is 0 Å². The van der Waals surface area contributed by atoms with Crippen LogP contribution in [-0.4, -0.2) is 37.6 Å². The first-order chi connectivity index (χ1) is 9.52. The second-order valence-corrected chi connectivity index (χ2v) is 5.55. The third-order valence-electron chi connectivity index (χ3n) is 3.79. The molecule has 4 nitrogen and oxygen atoms in total. The van der Waals surface area contributed by atoms with E-state index in [0.717, 1.165) is 25.2 Å². The third-order valence-corrected chi connectivity index (χ3v) is 3.79. The van der Waals surface area contributed by atoms with Crippen molar-refractivity contribution >= 4 is 5.91 Å². The van der Waals surface area contributed by atoms with Gasteiger partial charge in [0.25, 0.3) is 0 Å². The molecule has 1 heterocycles. The maximum absolute atomic E-state index is 12.0. The van der Waals surface area contributed by atoms with Crippen LogP contribution in [0.2, 0.25) is 0 Å². The van der Waals surface area contributed by atoms with E-state index < -0.39 is 0 Å². The Morgan fingerprint density at radius 3 is 2.85 bits per heavy atom. The summed E-state index contributed by atoms with van der Waals surface area (Å²) in [5.41, 5.74) is 2.50. The van der Waals surface area contributed by atoms with Gasteiger partial charge in [-0.3, -0.25) is 10.1 Å². The Kier molecular flexibility index (Phi) is 4.65. The van der Waals surface area contributed by atoms with Crippen molar-refractivity contribution in [3.8, 4) is 5.75 Å². The van der Waals surface area contributed by atoms with E-state index in [-0.39, 0.29) is 18.0 Å². The molecule has 4 heteroatoms. The molecular weight excluding hydrogens is 252 g/mol. The smallest absolute Gasteiger partial charge is 0.238 e. The molecule has 0 fully saturated rings. The van der Waals surface area contributed by atoms with Gasteiger partial charge in [-0.1, -0.05) is 19.1 Å². The molecule has 0 saturated heterocycles. The minimum Gasteiger partial charge on any atom is -0.493 e. The lowest BCUT2D eigenvalue weighted by Crippen LogP contribution is -2.43. The first-order valence-corrected chi connectivity index (χ1v) is 7.25. The van der Waals surface area contributed by atoms with Gasteiger partial charge in [-0.2, -0.15) is 0 Å². The molecule has 110 valence electrons. The fourth-order valence-corrected chi connectivity index (χ4v) is 2.63. The fourth-order valence-electron chi connectivity index (χ4n) is 2.63. The van der Waals surface area contributed by atoms with Crippen LogP contribution in [0.1, 0.15) is 37.4 Å². The Hall–Kier alpha value is -1.55. The Labute approximate surface area is 121 Å². The van der Waals surface area contributed by atoms with E-state index in [1.54, 1.807) is 19.0 Å². The number of likely N-dealkylation sites (N-methyl/N-ethyl adjacent to an activating group) is 1. The van der Waals surface area contributed by atoms with Gasteiger partial charge in [0, 0.05) is 26.6 Å². The summed E-state index contributed by atoms with van der Waals surface area (Å²) in [5, 5.41) is 3.42. The summed E-state index contributed by atoms with van der Waals surface area (Å²) in [6.45, 7) is 4.83. The van der Waals surface area contributed by atoms with Gasteiger partial charge in [-0.05, 0) is 30.5 Å². The molecule has 1 aliphatic heterocycles. The minimum atomic E-state index is -0.181. The predicted octanol–water partition coefficient (Wildman–Crippen LogP) is 2.14. The van der Waals surface area contributed by atoms with Crippen LogP contribution in [0, 0.1) is 0 Å². The number of hydrogen-bond donors (Lipinski definition) is 1. The van der Waals surface area contributed by atoms with Crippen LogP contribution in [0.4, 0.5) is 0 Å². The van der Waals surface area contributed by atoms with Crippen LogP contribution in [0.5, 0.6) is 5.75 Å². The number of nitrogens with one attached hydrogen (secondary N) is 1. The van der Waals surface area contributed by atoms with Crippen molar-refractivity contribution < 1.29 is 9.53 Å². The van der Waals surface area contributed by atoms with E-state index in [9.17, 15) is 4.79 Å². The average molecular weight is 276 g/mol. The predicted molar refractivity (Wildman–Crippen MR) is 80.0 cm³/mol. The fraction of sp³-hybridized carbons (Fsp3) is 0.562. The molecule has 0 bridgehead atoms. The molecule has 20 heavy (non-hydrogen) atoms. The summed E-state index contributed by atoms with van der Waals surface area (Å²) in [6.07, 6.45) is 1.93. The van der Waals surface area contributed by atoms with Gasteiger partial charge >= 0.3 is 0 Å². The zero-order valence-electron chi connectivity index (χ0n) is 12.8. The Morgan fingerprint density at radius 2 is 2.20 bits per heavy atom. The molecule has 1 N–H and O–H groups in total. The second kappa shape index (κ2) is 6.27. The number of carbonyl (C=O) groups is 1. The first kappa shape index (κ1) is 14.9. The van der Waals surface area contributed by atoms with E-state index in [1.807, 2.05) is 13.0 Å². The number of fused-ring (bicyclic) bond motifs is 1. The van der Waals surface area contributed by atoms with Crippen molar-refractivity contribution in [2.45, 2.75) is 38.8 Å². The molecule has 2 unspecified atom stereocenters. The SMILES string of the molecule is CCC(NC(C)C(=O)N(C)C)c1ccc2c(c1)CCO2. The molecule has 0 aromatic heterocycles. The monoisotopic (exact) mass is 276 g/mol. The Bertz CT molecular complexity index is 485. The highest BCUT2D eigenvalue weighted by atomic mass is 16.5. The lowest BCUT2D eigenvalue weighted by molar-refractivity contribution is -0.130. The summed E-state index contributed by atoms with van der Waals surface area (Å²) in [6, 6.07) is 6.36. The molecule has 0 radical (unpaired) electrons. The van der Waals surface area contributed by atoms with Crippen molar-refractivity contribution in [3.63, 3.8) is 0 Å². The van der Waals surface area contributed by atoms with E-state index in [1.165, 1.54) is 11.1 Å². The van der Waals surface area contributed by atoms with Gasteiger partial charge in [0.05, 0.1) is 12.6 Å². The number of nitrogens with zero attached hydrogens (tertiary/aromatic N) is 1. The molecule has 1 aromatic rings. The van der Waals surface area contributed by atoms with Crippen molar-refractivity contribution in [1.29, 1.82) is 0 Å². The number of benzene rings is 1. The highest BCUT2D eigenvalue weighted by Crippen LogP contribution is 2.29. The van der Waals surface area contributed by atoms with E-state index in [2.05, 4.69) is 24.4 Å². The zero-order valence-corrected chi connectivity index (χ0v) is 12.8. The summed E-state index contributed by atoms with van der Waals surface area (Å²) >= 11 is 0. The molecule has 0 aliphatic carbocycles. The average Bonchev–Trinajstić information content (AvgIpc) is 2.90. The second-order valence-electron chi connectivity index (χ2n) is 5.55. The number of amides is 1. The van der Waals surface area contributed by atoms with Gasteiger partial charge in [0.1, 0.15) is 5.75 Å². The Morgan fingerprint density at radius 1 is 1.45 bits per heavy atom. The number of rotatable bonds is 5. The molecule has 0 spiro atoms. The van der Waals surface area contributed by atoms with Crippen LogP contribution < -0.4 is 10.1 Å². The third kappa shape index (κ3) is 3.12. The molecule has 1 aromatic carbocycles. The van der Waals surface area contributed by atoms with Crippen LogP contribution in [0.25, 0.3) is 0 Å². The van der Waals surface area contributed by atoms with E-state index in [4.69, 9.17) is 4.74 Å². The maximum Gasteiger partial charge on any atom is 0.238 e. The quantitative estimate of drug-likeness (QED) is 0.896. The molecule has 1 amide bonds. The summed E-state index contributed by atoms with van der Waals surface area (Å²) in [4.78, 5) is 13.6. The summed E-state index contributed by atoms with van der Waals surface area (Å²) in [5.74, 6) is 1.11. The largest absolute Gasteiger partial charge is 0.493 e. The van der Waals surface area contributed by atoms with Crippen molar-refractivity contribution in [3.05, 3.63) is 29.3 Å². The van der Waals surface area contributed by atoms with Gasteiger partial charge in [-0.15, -0.1) is 0 Å². The lowest BCUT2D eigenvalue weighted by atomic mass is 10.00. The van der Waals surface area contributed by atoms with Crippen LogP contribution in [0.15, 0.2) is 18.2 Å². The van der Waals surface area contributed by atoms with Crippen molar-refractivity contribution in [1.82, 2.24) is 10.2 Å². The lowest BCUT2D eigenvalue weighted by Gasteiger charge is -2.24. The molecule has 1 aliphatic rings. The number of carbonyl (C=O) groups excluding carboxylic acids is 1. The molecular formula is C16H24N2O2. The standard InChI is InChI=1S/C16H24N2O2/c1-5-14(17-11(2)16(19)18(3)4)12-6-7-15-13(10-12)8-9-20-15/h6-7,10-11,14,17H,5,8-9H2,1-4H3. The van der Waals surface area contributed by atoms with Crippen LogP contribution in [0.3, 0.4) is 0 Å². The number of hydrogen-bond acceptors (Lipinski definition) is 3. The highest BCUT2D eigenvalue weighted by molar-refractivity contribution is 5.80. The highest BCUT2D eigenvalue weighted by Gasteiger charge is 2.21. The first-order valence-electron chi connectivity index (χ1n) is 7.25. The van der Waals surface area contributed by atoms with Gasteiger partial charge in [0.15, 0.2) is 0 Å². The minimum absolute atomic E-state index is 0.105. The van der Waals surface area contributed by atoms with Gasteiger partial charge in [0.2, 0.25) is 5.91 Å². The van der Waals surface area contributed by atoms with E-state index >= 15 is 0 Å². The molecule has 2 atom stereocenters. The molecule has 0 saturated carbocycles. The van der Waals surface area contributed by atoms with Crippen LogP contribution in [-0.2, 0) is 11.2 Å². The van der Waals surface area contributed by atoms with E-state index in [0.29, 0.717) is 0 Å². The van der Waals surface area contributed by atoms with Crippen LogP contribution >= 0.6 is 0 Å². The molecule has 2 rings (SSSR count). The van der Waals surface area contributed by atoms with Gasteiger partial charge < -0.3 is 9.64 Å². The normalized spacial score (nSPS) is 16.2. The topological polar surface area (TPSA) is 41.6 Å². The summed E-state index contributed by atoms with van der Waals surface area (Å²) in [7, 11) is 3.57. The maximum atomic E-state index is 12.0. The summed E-state index contributed by atoms with van der Waals surface area (Å²) < 4.78 is 5.54. The zero-order chi connectivity index (χ0) is 14.7. The van der Waals surface area contributed by atoms with Gasteiger partial charge in [-0.25, -0.2) is 0 Å². The Balaban J connectivity index is 2.10. The number of ether oxygens (including phenoxy) is 1. The van der Waals surface area contributed by atoms with Crippen molar-refractivity contribution in [2.75, 3.05) is 20.7 Å².